The Morgan fingerprint density at radius 1 is 0.645 bits per heavy atom. The number of carbonyl (C=O) groups is 3. The van der Waals surface area contributed by atoms with Gasteiger partial charge >= 0.3 is 5.97 Å². The third-order valence-electron chi connectivity index (χ3n) is 17.8. The molecule has 76 heavy (non-hydrogen) atoms. The van der Waals surface area contributed by atoms with Gasteiger partial charge in [0, 0.05) is 80.5 Å². The number of benzene rings is 6. The number of carbonyl (C=O) groups excluding carboxylic acids is 3. The molecule has 4 aromatic heterocycles. The number of thioether (sulfide) groups is 2. The number of hydrogen-bond acceptors (Lipinski definition) is 11. The quantitative estimate of drug-likeness (QED) is 0.0914. The lowest BCUT2D eigenvalue weighted by Crippen LogP contribution is -2.56. The molecule has 10 aromatic rings. The fourth-order valence-electron chi connectivity index (χ4n) is 14.4. The molecule has 4 bridgehead atoms. The van der Waals surface area contributed by atoms with Crippen molar-refractivity contribution < 1.29 is 43.9 Å². The van der Waals surface area contributed by atoms with E-state index in [0.29, 0.717) is 18.7 Å². The van der Waals surface area contributed by atoms with Crippen LogP contribution in [0.2, 0.25) is 0 Å². The average Bonchev–Trinajstić information content (AvgIpc) is 3.74. The standard InChI is InChI=1S/C33H33N3O5S2.C26H21N3O4/c1-5-42-15-17-7-9-22-19(11-17)26-27-21(14-34-30(27)37)25-20-12-18(16-43-6-2)8-10-23(20)36-29(25)28(26)35(22)24-13-33(39,31(38)40-4)32(36,3)41-24;1-25-26(32,12-30)10-18(33-25)28-16-8-4-2-6-13(16)20-21-15(11-27-24(21)31)19-14-7-3-5-9-17(14)29(25)23(19)22(20)28/h7-12,24,39H,5-6,13-16H2,1-4H3,(H,34,37);2-9,18,30,32H,10-12H2,1H3,(H,27,31)/t24-,32+,33+;18-,25+,26+/m11/s1. The van der Waals surface area contributed by atoms with Gasteiger partial charge in [0.05, 0.1) is 69.0 Å². The number of aromatic nitrogens is 4. The molecule has 0 saturated carbocycles. The van der Waals surface area contributed by atoms with Crippen LogP contribution >= 0.6 is 23.5 Å². The fraction of sp³-hybridized carbons (Fsp3) is 0.339. The lowest BCUT2D eigenvalue weighted by Gasteiger charge is -2.38. The maximum absolute atomic E-state index is 13.7. The maximum atomic E-state index is 13.7. The molecule has 2 amide bonds. The van der Waals surface area contributed by atoms with E-state index in [1.165, 1.54) is 18.2 Å². The Morgan fingerprint density at radius 3 is 1.71 bits per heavy atom. The zero-order valence-corrected chi connectivity index (χ0v) is 44.1. The predicted octanol–water partition coefficient (Wildman–Crippen LogP) is 9.64. The summed E-state index contributed by atoms with van der Waals surface area (Å²) in [5.41, 5.74) is 6.94. The topological polar surface area (TPSA) is 183 Å². The zero-order valence-electron chi connectivity index (χ0n) is 42.5. The molecule has 15 nitrogen and oxygen atoms in total. The smallest absolute Gasteiger partial charge is 0.343 e. The van der Waals surface area contributed by atoms with Crippen molar-refractivity contribution in [2.24, 2.45) is 0 Å². The van der Waals surface area contributed by atoms with E-state index in [1.54, 1.807) is 6.92 Å². The van der Waals surface area contributed by atoms with Crippen molar-refractivity contribution in [1.82, 2.24) is 28.9 Å². The van der Waals surface area contributed by atoms with Crippen molar-refractivity contribution in [2.45, 2.75) is 100 Å². The number of rotatable bonds is 8. The number of methoxy groups -OCH3 is 1. The largest absolute Gasteiger partial charge is 0.467 e. The van der Waals surface area contributed by atoms with Crippen LogP contribution in [0, 0.1) is 0 Å². The molecule has 0 spiro atoms. The minimum Gasteiger partial charge on any atom is -0.467 e. The van der Waals surface area contributed by atoms with Crippen LogP contribution in [0.3, 0.4) is 0 Å². The predicted molar refractivity (Wildman–Crippen MR) is 297 cm³/mol. The molecule has 6 aromatic carbocycles. The fourth-order valence-corrected chi connectivity index (χ4v) is 15.7. The van der Waals surface area contributed by atoms with Crippen LogP contribution in [0.5, 0.6) is 0 Å². The van der Waals surface area contributed by atoms with E-state index in [4.69, 9.17) is 14.2 Å². The Kier molecular flexibility index (Phi) is 9.70. The van der Waals surface area contributed by atoms with Gasteiger partial charge in [-0.1, -0.05) is 62.4 Å². The van der Waals surface area contributed by atoms with E-state index in [1.807, 2.05) is 77.5 Å². The summed E-state index contributed by atoms with van der Waals surface area (Å²) in [5.74, 6) is 2.90. The molecule has 6 aliphatic rings. The summed E-state index contributed by atoms with van der Waals surface area (Å²) in [4.78, 5) is 40.3. The molecule has 0 unspecified atom stereocenters. The highest BCUT2D eigenvalue weighted by Gasteiger charge is 2.66. The van der Waals surface area contributed by atoms with E-state index in [9.17, 15) is 29.7 Å². The second-order valence-electron chi connectivity index (χ2n) is 21.4. The highest BCUT2D eigenvalue weighted by Crippen LogP contribution is 2.60. The molecular weight excluding hydrogens is 1000 g/mol. The van der Waals surface area contributed by atoms with E-state index in [2.05, 4.69) is 80.6 Å². The van der Waals surface area contributed by atoms with Crippen LogP contribution in [0.25, 0.3) is 87.2 Å². The van der Waals surface area contributed by atoms with Crippen molar-refractivity contribution in [3.05, 3.63) is 118 Å². The first kappa shape index (κ1) is 46.7. The number of hydrogen-bond donors (Lipinski definition) is 5. The van der Waals surface area contributed by atoms with Gasteiger partial charge in [0.25, 0.3) is 11.8 Å². The molecule has 0 radical (unpaired) electrons. The molecule has 17 heteroatoms. The van der Waals surface area contributed by atoms with E-state index < -0.39 is 47.7 Å². The highest BCUT2D eigenvalue weighted by molar-refractivity contribution is 7.98. The third kappa shape index (κ3) is 5.51. The first-order valence-corrected chi connectivity index (χ1v) is 28.4. The molecule has 5 N–H and O–H groups in total. The van der Waals surface area contributed by atoms with Crippen LogP contribution in [0.15, 0.2) is 84.9 Å². The summed E-state index contributed by atoms with van der Waals surface area (Å²) >= 11 is 3.71. The molecule has 2 fully saturated rings. The Labute approximate surface area is 443 Å². The number of nitrogens with zero attached hydrogens (tertiary/aromatic N) is 4. The van der Waals surface area contributed by atoms with Gasteiger partial charge in [-0.15, -0.1) is 0 Å². The first-order valence-electron chi connectivity index (χ1n) is 26.1. The van der Waals surface area contributed by atoms with Crippen molar-refractivity contribution in [1.29, 1.82) is 0 Å². The van der Waals surface area contributed by atoms with E-state index >= 15 is 0 Å². The number of fused-ring (bicyclic) bond motifs is 26. The van der Waals surface area contributed by atoms with Crippen molar-refractivity contribution in [2.75, 3.05) is 25.2 Å². The Bertz CT molecular complexity index is 4330. The Hall–Kier alpha value is -6.57. The normalized spacial score (nSPS) is 25.7. The van der Waals surface area contributed by atoms with Crippen LogP contribution < -0.4 is 10.6 Å². The summed E-state index contributed by atoms with van der Waals surface area (Å²) in [5, 5.41) is 48.3. The van der Waals surface area contributed by atoms with Gasteiger partial charge in [0.1, 0.15) is 18.1 Å². The number of aliphatic hydroxyl groups excluding tert-OH is 1. The van der Waals surface area contributed by atoms with Gasteiger partial charge < -0.3 is 58.4 Å². The first-order chi connectivity index (χ1) is 36.8. The van der Waals surface area contributed by atoms with E-state index in [0.717, 1.165) is 127 Å². The number of aliphatic hydroxyl groups is 3. The SMILES string of the molecule is CCSCc1ccc2c(c1)c1c3c(c4c5cc(CSCC)ccc5n5c4c1n2[C@H]1C[C@](O)(C(=O)OC)[C@]5(C)O1)CNC3=O.C[C@]12O[C@H](C[C@]1(O)CO)n1c3ccccc3c3c4c(c5c6ccccc6n2c5c31)CNC4=O. The molecule has 10 heterocycles. The lowest BCUT2D eigenvalue weighted by atomic mass is 9.88. The lowest BCUT2D eigenvalue weighted by molar-refractivity contribution is -0.202. The van der Waals surface area contributed by atoms with Crippen molar-refractivity contribution >= 4 is 129 Å². The molecular formula is C59H54N6O9S2. The monoisotopic (exact) mass is 1050 g/mol. The minimum absolute atomic E-state index is 0.0115. The van der Waals surface area contributed by atoms with Crippen LogP contribution in [-0.4, -0.2) is 87.8 Å². The number of para-hydroxylation sites is 2. The Balaban J connectivity index is 0.000000138. The summed E-state index contributed by atoms with van der Waals surface area (Å²) in [6, 6.07) is 28.9. The summed E-state index contributed by atoms with van der Waals surface area (Å²) in [6.07, 6.45) is -0.896. The maximum Gasteiger partial charge on any atom is 0.343 e. The van der Waals surface area contributed by atoms with Gasteiger partial charge in [-0.25, -0.2) is 4.79 Å². The van der Waals surface area contributed by atoms with Gasteiger partial charge in [0.15, 0.2) is 11.4 Å². The second kappa shape index (κ2) is 15.8. The number of nitrogens with one attached hydrogen (secondary N) is 2. The van der Waals surface area contributed by atoms with Crippen LogP contribution in [0.1, 0.15) is 96.0 Å². The van der Waals surface area contributed by atoms with Gasteiger partial charge in [-0.05, 0) is 84.0 Å². The number of amides is 2. The van der Waals surface area contributed by atoms with Gasteiger partial charge in [-0.2, -0.15) is 23.5 Å². The average molecular weight is 1060 g/mol. The Morgan fingerprint density at radius 2 is 1.12 bits per heavy atom. The second-order valence-corrected chi connectivity index (χ2v) is 24.0. The molecule has 2 saturated heterocycles. The molecule has 0 aliphatic carbocycles. The molecule has 6 aliphatic heterocycles. The van der Waals surface area contributed by atoms with Gasteiger partial charge in [0.2, 0.25) is 5.60 Å². The van der Waals surface area contributed by atoms with E-state index in [-0.39, 0.29) is 24.7 Å². The third-order valence-corrected chi connectivity index (χ3v) is 19.7. The highest BCUT2D eigenvalue weighted by atomic mass is 32.2. The van der Waals surface area contributed by atoms with Crippen LogP contribution in [-0.2, 0) is 55.1 Å². The minimum atomic E-state index is -1.95. The number of ether oxygens (including phenoxy) is 3. The summed E-state index contributed by atoms with van der Waals surface area (Å²) in [7, 11) is 1.30. The molecule has 386 valence electrons. The van der Waals surface area contributed by atoms with Crippen molar-refractivity contribution in [3.63, 3.8) is 0 Å². The molecule has 6 atom stereocenters. The van der Waals surface area contributed by atoms with Gasteiger partial charge in [-0.3, -0.25) is 9.59 Å². The number of esters is 1. The van der Waals surface area contributed by atoms with Crippen LogP contribution in [0.4, 0.5) is 0 Å². The summed E-state index contributed by atoms with van der Waals surface area (Å²) in [6.45, 7) is 8.41. The zero-order chi connectivity index (χ0) is 52.1. The molecule has 16 rings (SSSR count). The van der Waals surface area contributed by atoms with Crippen molar-refractivity contribution in [3.8, 4) is 0 Å². The summed E-state index contributed by atoms with van der Waals surface area (Å²) < 4.78 is 27.1.